The fourth-order valence-corrected chi connectivity index (χ4v) is 5.07. The standard InChI is InChI=1S/C27H22Cl2F4N4O2/c1-15-12-21-23(22(17-4-2-3-5-18(17)28)24(15)39-25(38)27(31,32)33)35-26(36-10-8-34-9-11-36)37(21)14-16-6-7-20(30)19(29)13-16/h2-7,12-13,34H,8-11,14H2,1H3. The van der Waals surface area contributed by atoms with E-state index in [4.69, 9.17) is 32.9 Å². The number of benzene rings is 3. The molecule has 0 spiro atoms. The molecular formula is C27H22Cl2F4N4O2. The molecule has 0 unspecified atom stereocenters. The molecule has 0 amide bonds. The summed E-state index contributed by atoms with van der Waals surface area (Å²) in [5.74, 6) is -2.62. The van der Waals surface area contributed by atoms with Crippen LogP contribution in [0, 0.1) is 12.7 Å². The molecule has 1 fully saturated rings. The van der Waals surface area contributed by atoms with E-state index in [2.05, 4.69) is 10.2 Å². The van der Waals surface area contributed by atoms with Crippen molar-refractivity contribution in [2.75, 3.05) is 31.1 Å². The van der Waals surface area contributed by atoms with Crippen LogP contribution in [0.3, 0.4) is 0 Å². The summed E-state index contributed by atoms with van der Waals surface area (Å²) in [6.45, 7) is 4.47. The molecule has 0 radical (unpaired) electrons. The first-order valence-electron chi connectivity index (χ1n) is 12.0. The highest BCUT2D eigenvalue weighted by atomic mass is 35.5. The van der Waals surface area contributed by atoms with E-state index in [0.717, 1.165) is 0 Å². The Morgan fingerprint density at radius 3 is 2.46 bits per heavy atom. The molecule has 2 heterocycles. The van der Waals surface area contributed by atoms with Crippen molar-refractivity contribution in [1.29, 1.82) is 0 Å². The van der Waals surface area contributed by atoms with E-state index in [0.29, 0.717) is 54.3 Å². The summed E-state index contributed by atoms with van der Waals surface area (Å²) < 4.78 is 60.4. The number of carbonyl (C=O) groups is 1. The van der Waals surface area contributed by atoms with Gasteiger partial charge in [-0.2, -0.15) is 13.2 Å². The number of esters is 1. The van der Waals surface area contributed by atoms with E-state index in [1.165, 1.54) is 12.1 Å². The molecule has 1 aliphatic rings. The van der Waals surface area contributed by atoms with Crippen LogP contribution in [0.5, 0.6) is 5.75 Å². The molecule has 1 aliphatic heterocycles. The van der Waals surface area contributed by atoms with E-state index in [9.17, 15) is 22.4 Å². The fraction of sp³-hybridized carbons (Fsp3) is 0.259. The van der Waals surface area contributed by atoms with Crippen LogP contribution >= 0.6 is 23.2 Å². The molecule has 6 nitrogen and oxygen atoms in total. The molecule has 0 bridgehead atoms. The van der Waals surface area contributed by atoms with Crippen LogP contribution in [0.15, 0.2) is 48.5 Å². The number of rotatable bonds is 5. The minimum atomic E-state index is -5.20. The SMILES string of the molecule is Cc1cc2c(nc(N3CCNCC3)n2Cc2ccc(F)c(Cl)c2)c(-c2ccccc2Cl)c1OC(=O)C(F)(F)F. The number of imidazole rings is 1. The fourth-order valence-electron chi connectivity index (χ4n) is 4.64. The van der Waals surface area contributed by atoms with Gasteiger partial charge in [0.25, 0.3) is 0 Å². The second-order valence-corrected chi connectivity index (χ2v) is 9.93. The van der Waals surface area contributed by atoms with E-state index in [-0.39, 0.29) is 33.5 Å². The predicted octanol–water partition coefficient (Wildman–Crippen LogP) is 6.38. The zero-order valence-corrected chi connectivity index (χ0v) is 22.1. The smallest absolute Gasteiger partial charge is 0.419 e. The first-order chi connectivity index (χ1) is 18.5. The molecule has 1 saturated heterocycles. The summed E-state index contributed by atoms with van der Waals surface area (Å²) in [6.07, 6.45) is -5.20. The Hall–Kier alpha value is -3.34. The summed E-state index contributed by atoms with van der Waals surface area (Å²) in [7, 11) is 0. The minimum Gasteiger partial charge on any atom is -0.419 e. The Kier molecular flexibility index (Phi) is 7.45. The summed E-state index contributed by atoms with van der Waals surface area (Å²) >= 11 is 12.5. The highest BCUT2D eigenvalue weighted by Crippen LogP contribution is 2.44. The van der Waals surface area contributed by atoms with Crippen molar-refractivity contribution in [1.82, 2.24) is 14.9 Å². The average molecular weight is 581 g/mol. The normalized spacial score (nSPS) is 14.2. The van der Waals surface area contributed by atoms with Crippen LogP contribution in [-0.2, 0) is 11.3 Å². The van der Waals surface area contributed by atoms with Crippen LogP contribution < -0.4 is 15.0 Å². The first-order valence-corrected chi connectivity index (χ1v) is 12.8. The number of halogens is 6. The van der Waals surface area contributed by atoms with Gasteiger partial charge in [0, 0.05) is 36.8 Å². The number of nitrogens with zero attached hydrogens (tertiary/aromatic N) is 3. The topological polar surface area (TPSA) is 59.4 Å². The number of piperazine rings is 1. The van der Waals surface area contributed by atoms with Crippen LogP contribution in [0.4, 0.5) is 23.5 Å². The number of nitrogens with one attached hydrogen (secondary N) is 1. The van der Waals surface area contributed by atoms with Gasteiger partial charge in [0.05, 0.1) is 22.6 Å². The van der Waals surface area contributed by atoms with Crippen LogP contribution in [0.25, 0.3) is 22.2 Å². The zero-order valence-electron chi connectivity index (χ0n) is 20.6. The highest BCUT2D eigenvalue weighted by Gasteiger charge is 2.42. The lowest BCUT2D eigenvalue weighted by Gasteiger charge is -2.29. The number of hydrogen-bond acceptors (Lipinski definition) is 5. The number of fused-ring (bicyclic) bond motifs is 1. The minimum absolute atomic E-state index is 0.0325. The lowest BCUT2D eigenvalue weighted by atomic mass is 9.99. The summed E-state index contributed by atoms with van der Waals surface area (Å²) in [5.41, 5.74) is 2.38. The van der Waals surface area contributed by atoms with Crippen molar-refractivity contribution in [2.45, 2.75) is 19.6 Å². The van der Waals surface area contributed by atoms with Gasteiger partial charge in [0.1, 0.15) is 17.1 Å². The average Bonchev–Trinajstić information content (AvgIpc) is 3.24. The monoisotopic (exact) mass is 580 g/mol. The number of aromatic nitrogens is 2. The number of alkyl halides is 3. The third-order valence-electron chi connectivity index (χ3n) is 6.46. The number of hydrogen-bond donors (Lipinski definition) is 1. The van der Waals surface area contributed by atoms with Crippen molar-refractivity contribution < 1.29 is 27.1 Å². The Morgan fingerprint density at radius 2 is 1.79 bits per heavy atom. The third kappa shape index (κ3) is 5.41. The maximum absolute atomic E-state index is 13.9. The Morgan fingerprint density at radius 1 is 1.08 bits per heavy atom. The van der Waals surface area contributed by atoms with Gasteiger partial charge in [-0.15, -0.1) is 0 Å². The van der Waals surface area contributed by atoms with E-state index < -0.39 is 18.0 Å². The molecule has 5 rings (SSSR count). The molecular weight excluding hydrogens is 559 g/mol. The van der Waals surface area contributed by atoms with Gasteiger partial charge in [-0.05, 0) is 42.3 Å². The molecule has 0 atom stereocenters. The van der Waals surface area contributed by atoms with Crippen molar-refractivity contribution in [3.8, 4) is 16.9 Å². The molecule has 1 N–H and O–H groups in total. The molecule has 4 aromatic rings. The van der Waals surface area contributed by atoms with Crippen molar-refractivity contribution in [3.63, 3.8) is 0 Å². The molecule has 204 valence electrons. The Balaban J connectivity index is 1.79. The number of anilines is 1. The Labute approximate surface area is 231 Å². The number of ether oxygens (including phenoxy) is 1. The molecule has 3 aromatic carbocycles. The van der Waals surface area contributed by atoms with Gasteiger partial charge < -0.3 is 19.5 Å². The van der Waals surface area contributed by atoms with Gasteiger partial charge >= 0.3 is 12.1 Å². The summed E-state index contributed by atoms with van der Waals surface area (Å²) in [4.78, 5) is 18.9. The van der Waals surface area contributed by atoms with Crippen molar-refractivity contribution in [3.05, 3.63) is 75.5 Å². The lowest BCUT2D eigenvalue weighted by Crippen LogP contribution is -2.44. The molecule has 12 heteroatoms. The lowest BCUT2D eigenvalue weighted by molar-refractivity contribution is -0.189. The van der Waals surface area contributed by atoms with Gasteiger partial charge in [-0.3, -0.25) is 0 Å². The number of aryl methyl sites for hydroxylation is 1. The highest BCUT2D eigenvalue weighted by molar-refractivity contribution is 6.34. The van der Waals surface area contributed by atoms with Gasteiger partial charge in [-0.25, -0.2) is 14.2 Å². The predicted molar refractivity (Wildman–Crippen MR) is 142 cm³/mol. The van der Waals surface area contributed by atoms with Crippen LogP contribution in [-0.4, -0.2) is 47.9 Å². The maximum Gasteiger partial charge on any atom is 0.491 e. The summed E-state index contributed by atoms with van der Waals surface area (Å²) in [5, 5.41) is 3.50. The third-order valence-corrected chi connectivity index (χ3v) is 7.08. The van der Waals surface area contributed by atoms with Gasteiger partial charge in [0.15, 0.2) is 0 Å². The summed E-state index contributed by atoms with van der Waals surface area (Å²) in [6, 6.07) is 12.6. The van der Waals surface area contributed by atoms with Gasteiger partial charge in [-0.1, -0.05) is 47.5 Å². The Bertz CT molecular complexity index is 1570. The first kappa shape index (κ1) is 27.2. The second kappa shape index (κ2) is 10.7. The van der Waals surface area contributed by atoms with Gasteiger partial charge in [0.2, 0.25) is 5.95 Å². The molecule has 0 saturated carbocycles. The number of carbonyl (C=O) groups excluding carboxylic acids is 1. The quantitative estimate of drug-likeness (QED) is 0.168. The zero-order chi connectivity index (χ0) is 27.9. The molecule has 39 heavy (non-hydrogen) atoms. The largest absolute Gasteiger partial charge is 0.491 e. The van der Waals surface area contributed by atoms with E-state index in [1.54, 1.807) is 43.3 Å². The van der Waals surface area contributed by atoms with Crippen molar-refractivity contribution >= 4 is 46.2 Å². The molecule has 1 aromatic heterocycles. The molecule has 0 aliphatic carbocycles. The van der Waals surface area contributed by atoms with E-state index in [1.807, 2.05) is 4.57 Å². The second-order valence-electron chi connectivity index (χ2n) is 9.12. The van der Waals surface area contributed by atoms with E-state index >= 15 is 0 Å². The maximum atomic E-state index is 13.9. The van der Waals surface area contributed by atoms with Crippen LogP contribution in [0.2, 0.25) is 10.0 Å². The van der Waals surface area contributed by atoms with Crippen molar-refractivity contribution in [2.24, 2.45) is 0 Å². The van der Waals surface area contributed by atoms with Crippen LogP contribution in [0.1, 0.15) is 11.1 Å².